The SMILES string of the molecule is CC(C)c1cnc(NC(=O)[C@H](CSCc2ccccc2)NC(=O)OC(C)(C)C)s1. The van der Waals surface area contributed by atoms with Crippen molar-refractivity contribution in [1.29, 1.82) is 0 Å². The summed E-state index contributed by atoms with van der Waals surface area (Å²) in [7, 11) is 0. The predicted octanol–water partition coefficient (Wildman–Crippen LogP) is 5.03. The van der Waals surface area contributed by atoms with Gasteiger partial charge in [-0.15, -0.1) is 11.3 Å². The van der Waals surface area contributed by atoms with Gasteiger partial charge in [-0.2, -0.15) is 11.8 Å². The van der Waals surface area contributed by atoms with E-state index in [-0.39, 0.29) is 5.91 Å². The minimum Gasteiger partial charge on any atom is -0.444 e. The minimum absolute atomic E-state index is 0.305. The molecule has 158 valence electrons. The molecule has 0 saturated heterocycles. The van der Waals surface area contributed by atoms with Gasteiger partial charge >= 0.3 is 6.09 Å². The van der Waals surface area contributed by atoms with Gasteiger partial charge in [-0.3, -0.25) is 4.79 Å². The zero-order chi connectivity index (χ0) is 21.4. The standard InChI is InChI=1S/C21H29N3O3S2/c1-14(2)17-11-22-19(29-17)24-18(25)16(23-20(26)27-21(3,4)5)13-28-12-15-9-7-6-8-10-15/h6-11,14,16H,12-13H2,1-5H3,(H,23,26)(H,22,24,25)/t16-/m0/s1. The third-order valence-corrected chi connectivity index (χ3v) is 6.05. The van der Waals surface area contributed by atoms with E-state index in [0.717, 1.165) is 16.2 Å². The Morgan fingerprint density at radius 3 is 2.48 bits per heavy atom. The molecule has 0 saturated carbocycles. The maximum atomic E-state index is 12.8. The largest absolute Gasteiger partial charge is 0.444 e. The summed E-state index contributed by atoms with van der Waals surface area (Å²) in [6.45, 7) is 9.51. The summed E-state index contributed by atoms with van der Waals surface area (Å²) >= 11 is 3.02. The summed E-state index contributed by atoms with van der Waals surface area (Å²) in [5.74, 6) is 1.20. The van der Waals surface area contributed by atoms with Gasteiger partial charge in [0.2, 0.25) is 5.91 Å². The molecule has 0 aliphatic heterocycles. The van der Waals surface area contributed by atoms with Crippen molar-refractivity contribution in [1.82, 2.24) is 10.3 Å². The summed E-state index contributed by atoms with van der Waals surface area (Å²) in [5.41, 5.74) is 0.527. The van der Waals surface area contributed by atoms with Gasteiger partial charge in [0.1, 0.15) is 11.6 Å². The Balaban J connectivity index is 2.01. The van der Waals surface area contributed by atoms with E-state index < -0.39 is 17.7 Å². The lowest BCUT2D eigenvalue weighted by Crippen LogP contribution is -2.47. The number of carbonyl (C=O) groups excluding carboxylic acids is 2. The van der Waals surface area contributed by atoms with Crippen LogP contribution < -0.4 is 10.6 Å². The Bertz CT molecular complexity index is 801. The number of hydrogen-bond donors (Lipinski definition) is 2. The second kappa shape index (κ2) is 10.6. The maximum absolute atomic E-state index is 12.8. The number of nitrogens with zero attached hydrogens (tertiary/aromatic N) is 1. The second-order valence-corrected chi connectivity index (χ2v) is 10.0. The van der Waals surface area contributed by atoms with E-state index in [1.165, 1.54) is 11.3 Å². The molecular formula is C21H29N3O3S2. The number of amides is 2. The van der Waals surface area contributed by atoms with Crippen molar-refractivity contribution >= 4 is 40.2 Å². The maximum Gasteiger partial charge on any atom is 0.408 e. The molecule has 1 aromatic carbocycles. The van der Waals surface area contributed by atoms with Crippen LogP contribution in [0.4, 0.5) is 9.93 Å². The molecule has 1 aromatic heterocycles. The molecule has 6 nitrogen and oxygen atoms in total. The summed E-state index contributed by atoms with van der Waals surface area (Å²) in [6.07, 6.45) is 1.16. The van der Waals surface area contributed by atoms with E-state index in [9.17, 15) is 9.59 Å². The lowest BCUT2D eigenvalue weighted by Gasteiger charge is -2.23. The molecule has 0 radical (unpaired) electrons. The first kappa shape index (κ1) is 23.2. The molecule has 0 fully saturated rings. The number of nitrogens with one attached hydrogen (secondary N) is 2. The van der Waals surface area contributed by atoms with Gasteiger partial charge in [0.05, 0.1) is 0 Å². The first-order chi connectivity index (χ1) is 13.6. The van der Waals surface area contributed by atoms with E-state index in [1.54, 1.807) is 38.7 Å². The number of carbonyl (C=O) groups is 2. The second-order valence-electron chi connectivity index (χ2n) is 7.91. The molecule has 2 amide bonds. The Kier molecular flexibility index (Phi) is 8.52. The summed E-state index contributed by atoms with van der Waals surface area (Å²) in [5, 5.41) is 6.04. The summed E-state index contributed by atoms with van der Waals surface area (Å²) < 4.78 is 5.32. The minimum atomic E-state index is -0.732. The number of anilines is 1. The Labute approximate surface area is 180 Å². The third-order valence-electron chi connectivity index (χ3n) is 3.73. The molecule has 29 heavy (non-hydrogen) atoms. The molecule has 2 rings (SSSR count). The van der Waals surface area contributed by atoms with Crippen LogP contribution in [0.25, 0.3) is 0 Å². The highest BCUT2D eigenvalue weighted by Gasteiger charge is 2.25. The highest BCUT2D eigenvalue weighted by molar-refractivity contribution is 7.98. The highest BCUT2D eigenvalue weighted by Crippen LogP contribution is 2.25. The van der Waals surface area contributed by atoms with Crippen LogP contribution in [0.15, 0.2) is 36.5 Å². The number of thiazole rings is 1. The van der Waals surface area contributed by atoms with Gasteiger partial charge in [-0.25, -0.2) is 9.78 Å². The quantitative estimate of drug-likeness (QED) is 0.608. The summed E-state index contributed by atoms with van der Waals surface area (Å²) in [6, 6.07) is 9.26. The van der Waals surface area contributed by atoms with E-state index in [2.05, 4.69) is 29.5 Å². The molecule has 2 N–H and O–H groups in total. The Morgan fingerprint density at radius 2 is 1.90 bits per heavy atom. The van der Waals surface area contributed by atoms with Crippen molar-refractivity contribution in [3.63, 3.8) is 0 Å². The third kappa shape index (κ3) is 8.45. The van der Waals surface area contributed by atoms with Crippen molar-refractivity contribution in [2.24, 2.45) is 0 Å². The topological polar surface area (TPSA) is 80.3 Å². The number of aromatic nitrogens is 1. The van der Waals surface area contributed by atoms with Crippen LogP contribution in [-0.2, 0) is 15.3 Å². The Hall–Kier alpha value is -2.06. The van der Waals surface area contributed by atoms with Crippen LogP contribution >= 0.6 is 23.1 Å². The fourth-order valence-electron chi connectivity index (χ4n) is 2.31. The van der Waals surface area contributed by atoms with Gasteiger partial charge in [0.15, 0.2) is 5.13 Å². The van der Waals surface area contributed by atoms with Gasteiger partial charge in [-0.05, 0) is 32.3 Å². The van der Waals surface area contributed by atoms with Crippen LogP contribution in [0.2, 0.25) is 0 Å². The monoisotopic (exact) mass is 435 g/mol. The first-order valence-electron chi connectivity index (χ1n) is 9.52. The number of ether oxygens (including phenoxy) is 1. The molecule has 0 aliphatic rings. The van der Waals surface area contributed by atoms with Crippen molar-refractivity contribution in [3.05, 3.63) is 47.0 Å². The van der Waals surface area contributed by atoms with Crippen LogP contribution in [0.3, 0.4) is 0 Å². The van der Waals surface area contributed by atoms with Crippen molar-refractivity contribution in [2.75, 3.05) is 11.1 Å². The normalized spacial score (nSPS) is 12.5. The van der Waals surface area contributed by atoms with E-state index in [4.69, 9.17) is 4.74 Å². The van der Waals surface area contributed by atoms with Crippen LogP contribution in [0.5, 0.6) is 0 Å². The molecule has 2 aromatic rings. The first-order valence-corrected chi connectivity index (χ1v) is 11.5. The number of hydrogen-bond acceptors (Lipinski definition) is 6. The lowest BCUT2D eigenvalue weighted by atomic mass is 10.2. The predicted molar refractivity (Wildman–Crippen MR) is 121 cm³/mol. The van der Waals surface area contributed by atoms with Gasteiger partial charge in [0.25, 0.3) is 0 Å². The fraction of sp³-hybridized carbons (Fsp3) is 0.476. The number of alkyl carbamates (subject to hydrolysis) is 1. The zero-order valence-corrected chi connectivity index (χ0v) is 19.2. The number of rotatable bonds is 8. The molecule has 0 unspecified atom stereocenters. The zero-order valence-electron chi connectivity index (χ0n) is 17.5. The number of thioether (sulfide) groups is 1. The number of benzene rings is 1. The molecule has 0 bridgehead atoms. The molecule has 1 heterocycles. The van der Waals surface area contributed by atoms with Crippen molar-refractivity contribution in [3.8, 4) is 0 Å². The average molecular weight is 436 g/mol. The van der Waals surface area contributed by atoms with Crippen LogP contribution in [0.1, 0.15) is 51.0 Å². The molecule has 1 atom stereocenters. The van der Waals surface area contributed by atoms with E-state index >= 15 is 0 Å². The highest BCUT2D eigenvalue weighted by atomic mass is 32.2. The van der Waals surface area contributed by atoms with Crippen molar-refractivity contribution < 1.29 is 14.3 Å². The van der Waals surface area contributed by atoms with E-state index in [1.807, 2.05) is 30.3 Å². The van der Waals surface area contributed by atoms with Crippen molar-refractivity contribution in [2.45, 2.75) is 57.9 Å². The van der Waals surface area contributed by atoms with Gasteiger partial charge in [-0.1, -0.05) is 44.2 Å². The fourth-order valence-corrected chi connectivity index (χ4v) is 4.14. The molecule has 0 aliphatic carbocycles. The smallest absolute Gasteiger partial charge is 0.408 e. The molecular weight excluding hydrogens is 406 g/mol. The van der Waals surface area contributed by atoms with E-state index in [0.29, 0.717) is 16.8 Å². The van der Waals surface area contributed by atoms with Crippen LogP contribution in [0, 0.1) is 0 Å². The lowest BCUT2D eigenvalue weighted by molar-refractivity contribution is -0.117. The summed E-state index contributed by atoms with van der Waals surface area (Å²) in [4.78, 5) is 30.4. The van der Waals surface area contributed by atoms with Crippen LogP contribution in [-0.4, -0.2) is 34.4 Å². The van der Waals surface area contributed by atoms with Gasteiger partial charge < -0.3 is 15.4 Å². The molecule has 0 spiro atoms. The Morgan fingerprint density at radius 1 is 1.21 bits per heavy atom. The van der Waals surface area contributed by atoms with Gasteiger partial charge in [0, 0.05) is 22.6 Å². The average Bonchev–Trinajstić information content (AvgIpc) is 3.09. The molecule has 8 heteroatoms.